The van der Waals surface area contributed by atoms with Crippen LogP contribution < -0.4 is 10.1 Å². The Hall–Kier alpha value is -1.40. The summed E-state index contributed by atoms with van der Waals surface area (Å²) in [5.74, 6) is -0.673. The first kappa shape index (κ1) is 16.0. The molecular formula is C14H17ClF2N2O2. The lowest BCUT2D eigenvalue weighted by Gasteiger charge is -2.17. The average molecular weight is 319 g/mol. The Morgan fingerprint density at radius 2 is 1.95 bits per heavy atom. The third-order valence-electron chi connectivity index (χ3n) is 3.99. The molecular weight excluding hydrogens is 302 g/mol. The Morgan fingerprint density at radius 1 is 1.29 bits per heavy atom. The number of likely N-dealkylation sites (tertiary alicyclic amines) is 1. The second-order valence-electron chi connectivity index (χ2n) is 5.34. The maximum atomic E-state index is 13.4. The van der Waals surface area contributed by atoms with Crippen molar-refractivity contribution in [2.24, 2.45) is 11.8 Å². The van der Waals surface area contributed by atoms with Crippen LogP contribution in [0.2, 0.25) is 0 Å². The molecule has 0 aromatic heterocycles. The van der Waals surface area contributed by atoms with Crippen LogP contribution in [0.4, 0.5) is 8.78 Å². The van der Waals surface area contributed by atoms with Crippen molar-refractivity contribution >= 4 is 18.3 Å². The van der Waals surface area contributed by atoms with Crippen LogP contribution in [0.1, 0.15) is 0 Å². The number of hydrogen-bond acceptors (Lipinski definition) is 3. The number of carbonyl (C=O) groups excluding carboxylic acids is 1. The number of fused-ring (bicyclic) bond motifs is 1. The van der Waals surface area contributed by atoms with E-state index in [0.717, 1.165) is 38.3 Å². The van der Waals surface area contributed by atoms with Gasteiger partial charge in [0.2, 0.25) is 0 Å². The van der Waals surface area contributed by atoms with Crippen LogP contribution in [0.15, 0.2) is 18.2 Å². The van der Waals surface area contributed by atoms with Crippen molar-refractivity contribution in [2.45, 2.75) is 0 Å². The van der Waals surface area contributed by atoms with Gasteiger partial charge in [-0.3, -0.25) is 4.79 Å². The molecule has 1 amide bonds. The molecule has 2 saturated heterocycles. The topological polar surface area (TPSA) is 41.6 Å². The van der Waals surface area contributed by atoms with Gasteiger partial charge in [-0.25, -0.2) is 8.78 Å². The van der Waals surface area contributed by atoms with Crippen LogP contribution in [0.3, 0.4) is 0 Å². The minimum Gasteiger partial charge on any atom is -0.481 e. The highest BCUT2D eigenvalue weighted by atomic mass is 35.5. The molecule has 116 valence electrons. The van der Waals surface area contributed by atoms with E-state index in [4.69, 9.17) is 4.74 Å². The number of nitrogens with one attached hydrogen (secondary N) is 1. The molecule has 2 atom stereocenters. The zero-order valence-electron chi connectivity index (χ0n) is 11.4. The third-order valence-corrected chi connectivity index (χ3v) is 3.99. The van der Waals surface area contributed by atoms with Crippen LogP contribution in [-0.4, -0.2) is 43.6 Å². The van der Waals surface area contributed by atoms with Gasteiger partial charge in [0.05, 0.1) is 0 Å². The Balaban J connectivity index is 0.00000161. The normalized spacial score (nSPS) is 23.6. The lowest BCUT2D eigenvalue weighted by Crippen LogP contribution is -2.35. The van der Waals surface area contributed by atoms with Gasteiger partial charge >= 0.3 is 0 Å². The maximum Gasteiger partial charge on any atom is 0.260 e. The number of hydrogen-bond donors (Lipinski definition) is 1. The number of ether oxygens (including phenoxy) is 1. The van der Waals surface area contributed by atoms with Gasteiger partial charge in [-0.2, -0.15) is 0 Å². The van der Waals surface area contributed by atoms with Gasteiger partial charge < -0.3 is 15.0 Å². The first-order valence-corrected chi connectivity index (χ1v) is 6.70. The minimum atomic E-state index is -0.791. The summed E-state index contributed by atoms with van der Waals surface area (Å²) in [6, 6.07) is 3.04. The molecule has 1 aromatic carbocycles. The quantitative estimate of drug-likeness (QED) is 0.917. The lowest BCUT2D eigenvalue weighted by atomic mass is 10.0. The highest BCUT2D eigenvalue weighted by molar-refractivity contribution is 5.85. The summed E-state index contributed by atoms with van der Waals surface area (Å²) < 4.78 is 31.3. The molecule has 3 rings (SSSR count). The monoisotopic (exact) mass is 318 g/mol. The van der Waals surface area contributed by atoms with E-state index in [2.05, 4.69) is 5.32 Å². The zero-order chi connectivity index (χ0) is 14.1. The first-order chi connectivity index (χ1) is 9.63. The summed E-state index contributed by atoms with van der Waals surface area (Å²) in [5, 5.41) is 3.30. The van der Waals surface area contributed by atoms with Crippen molar-refractivity contribution in [1.82, 2.24) is 10.2 Å². The lowest BCUT2D eigenvalue weighted by molar-refractivity contribution is -0.132. The molecule has 21 heavy (non-hydrogen) atoms. The SMILES string of the molecule is Cl.O=C(COc1ccc(F)cc1F)N1C[C@H]2CNC[C@H]2C1. The number of benzene rings is 1. The zero-order valence-corrected chi connectivity index (χ0v) is 12.2. The predicted octanol–water partition coefficient (Wildman–Crippen LogP) is 1.44. The fourth-order valence-electron chi connectivity index (χ4n) is 2.88. The number of amides is 1. The van der Waals surface area contributed by atoms with Gasteiger partial charge in [-0.05, 0) is 24.0 Å². The summed E-state index contributed by atoms with van der Waals surface area (Å²) in [4.78, 5) is 13.8. The second kappa shape index (κ2) is 6.58. The summed E-state index contributed by atoms with van der Waals surface area (Å²) in [6.45, 7) is 3.14. The van der Waals surface area contributed by atoms with Crippen LogP contribution in [0.5, 0.6) is 5.75 Å². The minimum absolute atomic E-state index is 0. The van der Waals surface area contributed by atoms with Crippen LogP contribution in [0, 0.1) is 23.5 Å². The van der Waals surface area contributed by atoms with E-state index in [1.165, 1.54) is 6.07 Å². The second-order valence-corrected chi connectivity index (χ2v) is 5.34. The fourth-order valence-corrected chi connectivity index (χ4v) is 2.88. The summed E-state index contributed by atoms with van der Waals surface area (Å²) >= 11 is 0. The molecule has 0 bridgehead atoms. The molecule has 0 saturated carbocycles. The van der Waals surface area contributed by atoms with Gasteiger partial charge in [0.1, 0.15) is 5.82 Å². The van der Waals surface area contributed by atoms with E-state index in [1.54, 1.807) is 4.90 Å². The summed E-state index contributed by atoms with van der Waals surface area (Å²) in [7, 11) is 0. The highest BCUT2D eigenvalue weighted by Crippen LogP contribution is 2.26. The highest BCUT2D eigenvalue weighted by Gasteiger charge is 2.38. The van der Waals surface area contributed by atoms with Gasteiger partial charge in [0, 0.05) is 32.2 Å². The Morgan fingerprint density at radius 3 is 2.57 bits per heavy atom. The maximum absolute atomic E-state index is 13.4. The smallest absolute Gasteiger partial charge is 0.260 e. The molecule has 2 aliphatic heterocycles. The molecule has 7 heteroatoms. The third kappa shape index (κ3) is 3.44. The van der Waals surface area contributed by atoms with E-state index in [9.17, 15) is 13.6 Å². The van der Waals surface area contributed by atoms with Crippen LogP contribution in [-0.2, 0) is 4.79 Å². The van der Waals surface area contributed by atoms with Crippen molar-refractivity contribution < 1.29 is 18.3 Å². The van der Waals surface area contributed by atoms with E-state index < -0.39 is 11.6 Å². The molecule has 0 unspecified atom stereocenters. The molecule has 2 fully saturated rings. The standard InChI is InChI=1S/C14H16F2N2O2.ClH/c15-11-1-2-13(12(16)3-11)20-8-14(19)18-6-9-4-17-5-10(9)7-18;/h1-3,9-10,17H,4-8H2;1H/t9-,10+;. The molecule has 1 N–H and O–H groups in total. The van der Waals surface area contributed by atoms with Crippen molar-refractivity contribution in [3.63, 3.8) is 0 Å². The van der Waals surface area contributed by atoms with Crippen molar-refractivity contribution in [3.05, 3.63) is 29.8 Å². The molecule has 1 aromatic rings. The van der Waals surface area contributed by atoms with Crippen molar-refractivity contribution in [1.29, 1.82) is 0 Å². The van der Waals surface area contributed by atoms with E-state index in [0.29, 0.717) is 11.8 Å². The molecule has 0 aliphatic carbocycles. The van der Waals surface area contributed by atoms with Gasteiger partial charge in [-0.15, -0.1) is 12.4 Å². The fraction of sp³-hybridized carbons (Fsp3) is 0.500. The van der Waals surface area contributed by atoms with Crippen LogP contribution >= 0.6 is 12.4 Å². The number of carbonyl (C=O) groups is 1. The first-order valence-electron chi connectivity index (χ1n) is 6.70. The van der Waals surface area contributed by atoms with Gasteiger partial charge in [-0.1, -0.05) is 0 Å². The Bertz CT molecular complexity index is 518. The molecule has 2 heterocycles. The molecule has 0 spiro atoms. The number of nitrogens with zero attached hydrogens (tertiary/aromatic N) is 1. The molecule has 4 nitrogen and oxygen atoms in total. The predicted molar refractivity (Wildman–Crippen MR) is 75.5 cm³/mol. The molecule has 0 radical (unpaired) electrons. The average Bonchev–Trinajstić information content (AvgIpc) is 2.98. The molecule has 2 aliphatic rings. The largest absolute Gasteiger partial charge is 0.481 e. The van der Waals surface area contributed by atoms with E-state index in [-0.39, 0.29) is 30.7 Å². The summed E-state index contributed by atoms with van der Waals surface area (Å²) in [5.41, 5.74) is 0. The van der Waals surface area contributed by atoms with Gasteiger partial charge in [0.25, 0.3) is 5.91 Å². The number of halogens is 3. The van der Waals surface area contributed by atoms with Crippen LogP contribution in [0.25, 0.3) is 0 Å². The van der Waals surface area contributed by atoms with Gasteiger partial charge in [0.15, 0.2) is 18.2 Å². The summed E-state index contributed by atoms with van der Waals surface area (Å²) in [6.07, 6.45) is 0. The van der Waals surface area contributed by atoms with E-state index >= 15 is 0 Å². The number of rotatable bonds is 3. The Labute approximate surface area is 127 Å². The van der Waals surface area contributed by atoms with Crippen molar-refractivity contribution in [3.8, 4) is 5.75 Å². The van der Waals surface area contributed by atoms with E-state index in [1.807, 2.05) is 0 Å². The van der Waals surface area contributed by atoms with Crippen molar-refractivity contribution in [2.75, 3.05) is 32.8 Å². The Kier molecular flexibility index (Phi) is 5.00.